The van der Waals surface area contributed by atoms with Crippen LogP contribution in [0.1, 0.15) is 18.9 Å². The number of amides is 2. The summed E-state index contributed by atoms with van der Waals surface area (Å²) in [7, 11) is 0. The second-order valence-corrected chi connectivity index (χ2v) is 6.15. The lowest BCUT2D eigenvalue weighted by Crippen LogP contribution is -2.48. The second-order valence-electron chi connectivity index (χ2n) is 6.15. The van der Waals surface area contributed by atoms with E-state index in [0.717, 1.165) is 19.4 Å². The van der Waals surface area contributed by atoms with Crippen LogP contribution in [0.25, 0.3) is 0 Å². The van der Waals surface area contributed by atoms with Crippen LogP contribution in [0.15, 0.2) is 24.3 Å². The maximum atomic E-state index is 12.4. The zero-order chi connectivity index (χ0) is 15.5. The van der Waals surface area contributed by atoms with Gasteiger partial charge in [-0.1, -0.05) is 18.2 Å². The van der Waals surface area contributed by atoms with E-state index in [1.807, 2.05) is 4.90 Å². The number of carbonyl (C=O) groups excluding carboxylic acids is 2. The molecule has 118 valence electrons. The minimum absolute atomic E-state index is 0.196. The first-order valence-electron chi connectivity index (χ1n) is 8.00. The van der Waals surface area contributed by atoms with Crippen LogP contribution in [0.4, 0.5) is 5.69 Å². The number of para-hydroxylation sites is 1. The molecule has 0 aromatic heterocycles. The van der Waals surface area contributed by atoms with Crippen LogP contribution in [0.3, 0.4) is 0 Å². The fourth-order valence-electron chi connectivity index (χ4n) is 3.42. The first-order chi connectivity index (χ1) is 10.7. The van der Waals surface area contributed by atoms with E-state index in [0.29, 0.717) is 38.6 Å². The van der Waals surface area contributed by atoms with E-state index in [1.165, 1.54) is 11.3 Å². The van der Waals surface area contributed by atoms with Crippen LogP contribution in [0, 0.1) is 0 Å². The standard InChI is InChI=1S/C17H23N3O2/c1-14-12-15-4-2-3-5-16(15)20(14)7-6-17(22)19-10-8-18(13-21)9-11-19/h2-5,13-14H,6-12H2,1H3. The van der Waals surface area contributed by atoms with Crippen molar-refractivity contribution in [3.8, 4) is 0 Å². The molecule has 1 atom stereocenters. The topological polar surface area (TPSA) is 43.9 Å². The summed E-state index contributed by atoms with van der Waals surface area (Å²) >= 11 is 0. The number of fused-ring (bicyclic) bond motifs is 1. The van der Waals surface area contributed by atoms with Crippen molar-refractivity contribution in [3.05, 3.63) is 29.8 Å². The molecule has 0 saturated carbocycles. The van der Waals surface area contributed by atoms with Gasteiger partial charge < -0.3 is 14.7 Å². The lowest BCUT2D eigenvalue weighted by molar-refractivity contribution is -0.135. The predicted molar refractivity (Wildman–Crippen MR) is 85.8 cm³/mol. The van der Waals surface area contributed by atoms with E-state index in [-0.39, 0.29) is 5.91 Å². The third-order valence-corrected chi connectivity index (χ3v) is 4.73. The quantitative estimate of drug-likeness (QED) is 0.783. The molecule has 2 heterocycles. The molecule has 1 aromatic rings. The molecule has 22 heavy (non-hydrogen) atoms. The van der Waals surface area contributed by atoms with Crippen molar-refractivity contribution in [1.82, 2.24) is 9.80 Å². The monoisotopic (exact) mass is 301 g/mol. The number of benzene rings is 1. The summed E-state index contributed by atoms with van der Waals surface area (Å²) in [5.74, 6) is 0.196. The normalized spacial score (nSPS) is 21.0. The third-order valence-electron chi connectivity index (χ3n) is 4.73. The molecule has 0 aliphatic carbocycles. The van der Waals surface area contributed by atoms with Crippen molar-refractivity contribution in [2.24, 2.45) is 0 Å². The lowest BCUT2D eigenvalue weighted by Gasteiger charge is -2.33. The molecule has 2 amide bonds. The minimum Gasteiger partial charge on any atom is -0.368 e. The number of piperazine rings is 1. The van der Waals surface area contributed by atoms with E-state index in [2.05, 4.69) is 36.1 Å². The van der Waals surface area contributed by atoms with E-state index in [1.54, 1.807) is 4.90 Å². The highest BCUT2D eigenvalue weighted by Crippen LogP contribution is 2.31. The van der Waals surface area contributed by atoms with Crippen LogP contribution >= 0.6 is 0 Å². The van der Waals surface area contributed by atoms with Crippen molar-refractivity contribution in [2.45, 2.75) is 25.8 Å². The highest BCUT2D eigenvalue weighted by Gasteiger charge is 2.27. The minimum atomic E-state index is 0.196. The average Bonchev–Trinajstić information content (AvgIpc) is 2.88. The van der Waals surface area contributed by atoms with Gasteiger partial charge in [0.2, 0.25) is 12.3 Å². The van der Waals surface area contributed by atoms with Gasteiger partial charge in [-0.05, 0) is 25.0 Å². The Bertz CT molecular complexity index is 553. The maximum Gasteiger partial charge on any atom is 0.224 e. The summed E-state index contributed by atoms with van der Waals surface area (Å²) in [4.78, 5) is 29.0. The molecule has 0 radical (unpaired) electrons. The molecule has 2 aliphatic rings. The summed E-state index contributed by atoms with van der Waals surface area (Å²) in [5.41, 5.74) is 2.65. The highest BCUT2D eigenvalue weighted by atomic mass is 16.2. The molecular weight excluding hydrogens is 278 g/mol. The van der Waals surface area contributed by atoms with Gasteiger partial charge in [-0.25, -0.2) is 0 Å². The predicted octanol–water partition coefficient (Wildman–Crippen LogP) is 1.13. The van der Waals surface area contributed by atoms with Crippen molar-refractivity contribution in [2.75, 3.05) is 37.6 Å². The van der Waals surface area contributed by atoms with E-state index in [9.17, 15) is 9.59 Å². The number of nitrogens with zero attached hydrogens (tertiary/aromatic N) is 3. The van der Waals surface area contributed by atoms with Crippen LogP contribution < -0.4 is 4.90 Å². The summed E-state index contributed by atoms with van der Waals surface area (Å²) in [6, 6.07) is 8.91. The summed E-state index contributed by atoms with van der Waals surface area (Å²) in [5, 5.41) is 0. The Labute approximate surface area is 131 Å². The molecular formula is C17H23N3O2. The Morgan fingerprint density at radius 2 is 1.95 bits per heavy atom. The molecule has 1 fully saturated rings. The summed E-state index contributed by atoms with van der Waals surface area (Å²) < 4.78 is 0. The van der Waals surface area contributed by atoms with E-state index in [4.69, 9.17) is 0 Å². The maximum absolute atomic E-state index is 12.4. The van der Waals surface area contributed by atoms with Crippen LogP contribution in [0.5, 0.6) is 0 Å². The molecule has 5 nitrogen and oxygen atoms in total. The Morgan fingerprint density at radius 1 is 1.23 bits per heavy atom. The first-order valence-corrected chi connectivity index (χ1v) is 8.00. The van der Waals surface area contributed by atoms with E-state index >= 15 is 0 Å². The fourth-order valence-corrected chi connectivity index (χ4v) is 3.42. The van der Waals surface area contributed by atoms with Gasteiger partial charge >= 0.3 is 0 Å². The van der Waals surface area contributed by atoms with Crippen LogP contribution in [-0.4, -0.2) is 60.9 Å². The zero-order valence-corrected chi connectivity index (χ0v) is 13.1. The van der Waals surface area contributed by atoms with E-state index < -0.39 is 0 Å². The van der Waals surface area contributed by atoms with Crippen LogP contribution in [-0.2, 0) is 16.0 Å². The molecule has 3 rings (SSSR count). The Kier molecular flexibility index (Phi) is 4.32. The fraction of sp³-hybridized carbons (Fsp3) is 0.529. The molecule has 2 aliphatic heterocycles. The van der Waals surface area contributed by atoms with Gasteiger partial charge in [0.1, 0.15) is 0 Å². The highest BCUT2D eigenvalue weighted by molar-refractivity contribution is 5.77. The molecule has 1 unspecified atom stereocenters. The van der Waals surface area contributed by atoms with Gasteiger partial charge in [-0.3, -0.25) is 9.59 Å². The van der Waals surface area contributed by atoms with Crippen molar-refractivity contribution < 1.29 is 9.59 Å². The Morgan fingerprint density at radius 3 is 2.68 bits per heavy atom. The van der Waals surface area contributed by atoms with Crippen molar-refractivity contribution in [3.63, 3.8) is 0 Å². The molecule has 0 spiro atoms. The Balaban J connectivity index is 1.54. The van der Waals surface area contributed by atoms with Crippen molar-refractivity contribution in [1.29, 1.82) is 0 Å². The van der Waals surface area contributed by atoms with Gasteiger partial charge in [0, 0.05) is 50.9 Å². The van der Waals surface area contributed by atoms with Crippen molar-refractivity contribution >= 4 is 18.0 Å². The number of rotatable bonds is 4. The number of hydrogen-bond donors (Lipinski definition) is 0. The SMILES string of the molecule is CC1Cc2ccccc2N1CCC(=O)N1CCN(C=O)CC1. The Hall–Kier alpha value is -2.04. The van der Waals surface area contributed by atoms with Gasteiger partial charge in [0.25, 0.3) is 0 Å². The smallest absolute Gasteiger partial charge is 0.224 e. The summed E-state index contributed by atoms with van der Waals surface area (Å²) in [6.45, 7) is 5.60. The number of hydrogen-bond acceptors (Lipinski definition) is 3. The molecule has 1 saturated heterocycles. The molecule has 0 N–H and O–H groups in total. The molecule has 1 aromatic carbocycles. The largest absolute Gasteiger partial charge is 0.368 e. The zero-order valence-electron chi connectivity index (χ0n) is 13.1. The average molecular weight is 301 g/mol. The molecule has 5 heteroatoms. The third kappa shape index (κ3) is 2.93. The number of anilines is 1. The molecule has 0 bridgehead atoms. The van der Waals surface area contributed by atoms with Gasteiger partial charge in [-0.15, -0.1) is 0 Å². The van der Waals surface area contributed by atoms with Gasteiger partial charge in [0.15, 0.2) is 0 Å². The second kappa shape index (κ2) is 6.38. The van der Waals surface area contributed by atoms with Gasteiger partial charge in [0.05, 0.1) is 0 Å². The van der Waals surface area contributed by atoms with Crippen LogP contribution in [0.2, 0.25) is 0 Å². The van der Waals surface area contributed by atoms with Gasteiger partial charge in [-0.2, -0.15) is 0 Å². The lowest BCUT2D eigenvalue weighted by atomic mass is 10.1. The first kappa shape index (κ1) is 14.9. The summed E-state index contributed by atoms with van der Waals surface area (Å²) in [6.07, 6.45) is 2.47. The number of carbonyl (C=O) groups is 2.